The molecular weight excluding hydrogens is 340 g/mol. The fraction of sp³-hybridized carbons (Fsp3) is 0.263. The molecule has 0 aliphatic heterocycles. The van der Waals surface area contributed by atoms with Gasteiger partial charge in [0.2, 0.25) is 5.78 Å². The Morgan fingerprint density at radius 1 is 1.04 bits per heavy atom. The molecule has 0 radical (unpaired) electrons. The van der Waals surface area contributed by atoms with Crippen LogP contribution in [0.3, 0.4) is 0 Å². The molecule has 5 nitrogen and oxygen atoms in total. The number of ether oxygens (including phenoxy) is 1. The van der Waals surface area contributed by atoms with Gasteiger partial charge in [-0.15, -0.1) is 0 Å². The fourth-order valence-electron chi connectivity index (χ4n) is 2.51. The number of esters is 1. The van der Waals surface area contributed by atoms with Crippen LogP contribution in [-0.2, 0) is 20.3 Å². The number of rotatable bonds is 6. The van der Waals surface area contributed by atoms with Gasteiger partial charge in [0.1, 0.15) is 0 Å². The maximum Gasteiger partial charge on any atom is 0.338 e. The number of aryl methyl sites for hydroxylation is 2. The second-order valence-electron chi connectivity index (χ2n) is 6.09. The van der Waals surface area contributed by atoms with Gasteiger partial charge < -0.3 is 4.74 Å². The van der Waals surface area contributed by atoms with Crippen LogP contribution in [0.4, 0.5) is 0 Å². The highest BCUT2D eigenvalue weighted by Crippen LogP contribution is 2.13. The molecule has 2 aromatic rings. The highest BCUT2D eigenvalue weighted by Gasteiger charge is 2.14. The summed E-state index contributed by atoms with van der Waals surface area (Å²) in [5.41, 5.74) is 3.11. The van der Waals surface area contributed by atoms with Gasteiger partial charge in [-0.25, -0.2) is 13.2 Å². The number of hydrogen-bond donors (Lipinski definition) is 0. The van der Waals surface area contributed by atoms with Gasteiger partial charge in [0.25, 0.3) is 0 Å². The van der Waals surface area contributed by atoms with Crippen molar-refractivity contribution in [2.45, 2.75) is 19.6 Å². The summed E-state index contributed by atoms with van der Waals surface area (Å²) in [7, 11) is -3.20. The lowest BCUT2D eigenvalue weighted by molar-refractivity contribution is 0.0474. The third-order valence-electron chi connectivity index (χ3n) is 3.61. The molecule has 0 amide bonds. The lowest BCUT2D eigenvalue weighted by Gasteiger charge is -2.08. The maximum atomic E-state index is 12.2. The number of Topliss-reactive ketones (excluding diaryl/α,β-unsaturated/α-hetero) is 1. The summed E-state index contributed by atoms with van der Waals surface area (Å²) < 4.78 is 27.8. The number of sulfone groups is 1. The van der Waals surface area contributed by atoms with Crippen LogP contribution in [0, 0.1) is 13.8 Å². The molecule has 0 aromatic heterocycles. The van der Waals surface area contributed by atoms with E-state index in [1.165, 1.54) is 12.1 Å². The monoisotopic (exact) mass is 360 g/mol. The molecule has 0 N–H and O–H groups in total. The minimum Gasteiger partial charge on any atom is -0.454 e. The van der Waals surface area contributed by atoms with Crippen molar-refractivity contribution in [2.24, 2.45) is 0 Å². The van der Waals surface area contributed by atoms with Gasteiger partial charge in [0.05, 0.1) is 11.3 Å². The average Bonchev–Trinajstić information content (AvgIpc) is 2.51. The second kappa shape index (κ2) is 7.61. The van der Waals surface area contributed by atoms with Crippen molar-refractivity contribution in [1.29, 1.82) is 0 Å². The maximum absolute atomic E-state index is 12.2. The van der Waals surface area contributed by atoms with Crippen LogP contribution in [-0.4, -0.2) is 33.0 Å². The van der Waals surface area contributed by atoms with Gasteiger partial charge in [-0.2, -0.15) is 0 Å². The zero-order valence-corrected chi connectivity index (χ0v) is 15.2. The highest BCUT2D eigenvalue weighted by molar-refractivity contribution is 7.89. The van der Waals surface area contributed by atoms with Crippen molar-refractivity contribution in [2.75, 3.05) is 12.9 Å². The van der Waals surface area contributed by atoms with E-state index in [9.17, 15) is 18.0 Å². The molecule has 6 heteroatoms. The van der Waals surface area contributed by atoms with Gasteiger partial charge in [-0.05, 0) is 37.1 Å². The van der Waals surface area contributed by atoms with Gasteiger partial charge >= 0.3 is 5.97 Å². The summed E-state index contributed by atoms with van der Waals surface area (Å²) >= 11 is 0. The molecule has 0 saturated heterocycles. The Labute approximate surface area is 147 Å². The summed E-state index contributed by atoms with van der Waals surface area (Å²) in [6, 6.07) is 11.6. The van der Waals surface area contributed by atoms with E-state index in [1.54, 1.807) is 18.2 Å². The minimum absolute atomic E-state index is 0.157. The SMILES string of the molecule is Cc1ccc(C(=O)COC(=O)c2cccc(CS(C)(=O)=O)c2)c(C)c1. The Morgan fingerprint density at radius 2 is 1.76 bits per heavy atom. The van der Waals surface area contributed by atoms with Crippen LogP contribution in [0.5, 0.6) is 0 Å². The standard InChI is InChI=1S/C19H20O5S/c1-13-7-8-17(14(2)9-13)18(20)11-24-19(21)16-6-4-5-15(10-16)12-25(3,22)23/h4-10H,11-12H2,1-3H3. The first-order valence-corrected chi connectivity index (χ1v) is 9.76. The van der Waals surface area contributed by atoms with E-state index >= 15 is 0 Å². The number of hydrogen-bond acceptors (Lipinski definition) is 5. The quantitative estimate of drug-likeness (QED) is 0.585. The third kappa shape index (κ3) is 5.53. The molecule has 132 valence electrons. The molecule has 0 heterocycles. The Hall–Kier alpha value is -2.47. The summed E-state index contributed by atoms with van der Waals surface area (Å²) in [5, 5.41) is 0. The molecular formula is C19H20O5S. The molecule has 2 rings (SSSR count). The molecule has 0 fully saturated rings. The lowest BCUT2D eigenvalue weighted by atomic mass is 10.0. The van der Waals surface area contributed by atoms with Crippen molar-refractivity contribution >= 4 is 21.6 Å². The first-order chi connectivity index (χ1) is 11.7. The Balaban J connectivity index is 2.05. The largest absolute Gasteiger partial charge is 0.454 e. The van der Waals surface area contributed by atoms with Crippen molar-refractivity contribution in [1.82, 2.24) is 0 Å². The molecule has 0 saturated carbocycles. The number of benzene rings is 2. The van der Waals surface area contributed by atoms with Gasteiger partial charge in [-0.1, -0.05) is 35.9 Å². The Bertz CT molecular complexity index is 913. The molecule has 2 aromatic carbocycles. The van der Waals surface area contributed by atoms with Gasteiger partial charge in [-0.3, -0.25) is 4.79 Å². The number of carbonyl (C=O) groups excluding carboxylic acids is 2. The first kappa shape index (κ1) is 18.9. The van der Waals surface area contributed by atoms with Crippen LogP contribution < -0.4 is 0 Å². The smallest absolute Gasteiger partial charge is 0.338 e. The molecule has 25 heavy (non-hydrogen) atoms. The number of ketones is 1. The summed E-state index contributed by atoms with van der Waals surface area (Å²) in [6.45, 7) is 3.40. The van der Waals surface area contributed by atoms with E-state index in [1.807, 2.05) is 26.0 Å². The Kier molecular flexibility index (Phi) is 5.74. The van der Waals surface area contributed by atoms with E-state index in [2.05, 4.69) is 0 Å². The van der Waals surface area contributed by atoms with E-state index < -0.39 is 15.8 Å². The van der Waals surface area contributed by atoms with Crippen LogP contribution in [0.25, 0.3) is 0 Å². The summed E-state index contributed by atoms with van der Waals surface area (Å²) in [5.74, 6) is -1.10. The molecule has 0 spiro atoms. The normalized spacial score (nSPS) is 11.2. The zero-order chi connectivity index (χ0) is 18.6. The van der Waals surface area contributed by atoms with E-state index in [4.69, 9.17) is 4.74 Å². The predicted molar refractivity (Wildman–Crippen MR) is 95.5 cm³/mol. The number of carbonyl (C=O) groups is 2. The van der Waals surface area contributed by atoms with Crippen molar-refractivity contribution in [3.05, 3.63) is 70.3 Å². The molecule has 0 aliphatic carbocycles. The molecule has 0 bridgehead atoms. The minimum atomic E-state index is -3.20. The average molecular weight is 360 g/mol. The second-order valence-corrected chi connectivity index (χ2v) is 8.23. The van der Waals surface area contributed by atoms with Crippen molar-refractivity contribution in [3.63, 3.8) is 0 Å². The van der Waals surface area contributed by atoms with Crippen LogP contribution in [0.2, 0.25) is 0 Å². The molecule has 0 unspecified atom stereocenters. The van der Waals surface area contributed by atoms with E-state index in [-0.39, 0.29) is 23.7 Å². The topological polar surface area (TPSA) is 77.5 Å². The zero-order valence-electron chi connectivity index (χ0n) is 14.4. The third-order valence-corrected chi connectivity index (χ3v) is 4.47. The van der Waals surface area contributed by atoms with Crippen LogP contribution in [0.1, 0.15) is 37.4 Å². The summed E-state index contributed by atoms with van der Waals surface area (Å²) in [4.78, 5) is 24.3. The van der Waals surface area contributed by atoms with E-state index in [0.717, 1.165) is 17.4 Å². The first-order valence-electron chi connectivity index (χ1n) is 7.70. The van der Waals surface area contributed by atoms with E-state index in [0.29, 0.717) is 11.1 Å². The Morgan fingerprint density at radius 3 is 2.40 bits per heavy atom. The predicted octanol–water partition coefficient (Wildman–Crippen LogP) is 2.89. The van der Waals surface area contributed by atoms with Crippen molar-refractivity contribution < 1.29 is 22.7 Å². The van der Waals surface area contributed by atoms with Crippen LogP contribution >= 0.6 is 0 Å². The lowest BCUT2D eigenvalue weighted by Crippen LogP contribution is -2.15. The van der Waals surface area contributed by atoms with Gasteiger partial charge in [0.15, 0.2) is 16.4 Å². The molecule has 0 aliphatic rings. The molecule has 0 atom stereocenters. The summed E-state index contributed by atoms with van der Waals surface area (Å²) in [6.07, 6.45) is 1.13. The van der Waals surface area contributed by atoms with Crippen LogP contribution in [0.15, 0.2) is 42.5 Å². The highest BCUT2D eigenvalue weighted by atomic mass is 32.2. The van der Waals surface area contributed by atoms with Gasteiger partial charge in [0, 0.05) is 11.8 Å². The van der Waals surface area contributed by atoms with Crippen molar-refractivity contribution in [3.8, 4) is 0 Å². The fourth-order valence-corrected chi connectivity index (χ4v) is 3.29.